The molecule has 2 aromatic carbocycles. The van der Waals surface area contributed by atoms with Gasteiger partial charge in [-0.2, -0.15) is 0 Å². The Labute approximate surface area is 110 Å². The number of Topliss-reactive ketones (excluding diaryl/α,β-unsaturated/α-hetero) is 1. The molecule has 94 valence electrons. The van der Waals surface area contributed by atoms with Crippen molar-refractivity contribution in [3.8, 4) is 0 Å². The number of nitrogens with zero attached hydrogens (tertiary/aromatic N) is 1. The smallest absolute Gasteiger partial charge is 0.197 e. The molecular formula is C16H13NO2. The highest BCUT2D eigenvalue weighted by atomic mass is 16.1. The molecule has 3 aromatic rings. The van der Waals surface area contributed by atoms with Crippen LogP contribution in [-0.4, -0.2) is 10.4 Å². The summed E-state index contributed by atoms with van der Waals surface area (Å²) in [5, 5.41) is 1.31. The van der Waals surface area contributed by atoms with Crippen molar-refractivity contribution in [2.45, 2.75) is 13.5 Å². The quantitative estimate of drug-likeness (QED) is 0.657. The van der Waals surface area contributed by atoms with E-state index in [9.17, 15) is 9.59 Å². The zero-order valence-electron chi connectivity index (χ0n) is 10.6. The molecule has 3 nitrogen and oxygen atoms in total. The number of fused-ring (bicyclic) bond motifs is 2. The van der Waals surface area contributed by atoms with Gasteiger partial charge in [0.05, 0.1) is 17.6 Å². The number of rotatable bonds is 2. The molecule has 0 radical (unpaired) electrons. The summed E-state index contributed by atoms with van der Waals surface area (Å²) < 4.78 is 1.91. The third kappa shape index (κ3) is 1.83. The molecule has 3 heteroatoms. The minimum atomic E-state index is 0.0194. The number of pyridine rings is 1. The number of aromatic nitrogens is 1. The van der Waals surface area contributed by atoms with Gasteiger partial charge in [0.2, 0.25) is 0 Å². The number of para-hydroxylation sites is 2. The van der Waals surface area contributed by atoms with Crippen molar-refractivity contribution in [1.82, 2.24) is 4.57 Å². The Balaban J connectivity index is 2.56. The highest BCUT2D eigenvalue weighted by Gasteiger charge is 2.10. The lowest BCUT2D eigenvalue weighted by atomic mass is 10.1. The van der Waals surface area contributed by atoms with Crippen LogP contribution in [0.1, 0.15) is 6.92 Å². The second-order valence-electron chi connectivity index (χ2n) is 4.65. The van der Waals surface area contributed by atoms with Gasteiger partial charge in [-0.3, -0.25) is 9.59 Å². The molecule has 0 bridgehead atoms. The number of hydrogen-bond donors (Lipinski definition) is 0. The van der Waals surface area contributed by atoms with E-state index >= 15 is 0 Å². The fourth-order valence-electron chi connectivity index (χ4n) is 2.47. The summed E-state index contributed by atoms with van der Waals surface area (Å²) in [4.78, 5) is 23.9. The lowest BCUT2D eigenvalue weighted by molar-refractivity contribution is -0.117. The molecule has 0 spiro atoms. The van der Waals surface area contributed by atoms with Gasteiger partial charge in [0.1, 0.15) is 5.78 Å². The minimum absolute atomic E-state index is 0.0194. The van der Waals surface area contributed by atoms with Crippen LogP contribution < -0.4 is 5.43 Å². The predicted molar refractivity (Wildman–Crippen MR) is 76.4 cm³/mol. The normalized spacial score (nSPS) is 11.0. The van der Waals surface area contributed by atoms with Crippen molar-refractivity contribution in [3.63, 3.8) is 0 Å². The van der Waals surface area contributed by atoms with Crippen LogP contribution in [0.3, 0.4) is 0 Å². The first-order valence-corrected chi connectivity index (χ1v) is 6.18. The predicted octanol–water partition coefficient (Wildman–Crippen LogP) is 2.74. The zero-order valence-corrected chi connectivity index (χ0v) is 10.6. The second kappa shape index (κ2) is 4.35. The fraction of sp³-hybridized carbons (Fsp3) is 0.125. The number of benzene rings is 2. The van der Waals surface area contributed by atoms with Crippen LogP contribution in [0, 0.1) is 0 Å². The molecule has 1 aromatic heterocycles. The summed E-state index contributed by atoms with van der Waals surface area (Å²) in [6.07, 6.45) is 0. The highest BCUT2D eigenvalue weighted by molar-refractivity contribution is 5.94. The molecule has 0 amide bonds. The van der Waals surface area contributed by atoms with Crippen LogP contribution >= 0.6 is 0 Å². The van der Waals surface area contributed by atoms with Gasteiger partial charge in [-0.05, 0) is 31.2 Å². The molecule has 0 fully saturated rings. The van der Waals surface area contributed by atoms with E-state index in [1.807, 2.05) is 41.0 Å². The molecule has 0 aliphatic heterocycles. The van der Waals surface area contributed by atoms with Gasteiger partial charge in [0, 0.05) is 10.8 Å². The Kier molecular flexibility index (Phi) is 2.67. The molecule has 0 atom stereocenters. The van der Waals surface area contributed by atoms with Gasteiger partial charge in [0.25, 0.3) is 0 Å². The third-order valence-corrected chi connectivity index (χ3v) is 3.26. The van der Waals surface area contributed by atoms with Gasteiger partial charge in [-0.15, -0.1) is 0 Å². The Morgan fingerprint density at radius 1 is 0.947 bits per heavy atom. The number of carbonyl (C=O) groups excluding carboxylic acids is 1. The Morgan fingerprint density at radius 3 is 1.89 bits per heavy atom. The van der Waals surface area contributed by atoms with Gasteiger partial charge in [-0.25, -0.2) is 0 Å². The van der Waals surface area contributed by atoms with E-state index in [4.69, 9.17) is 0 Å². The standard InChI is InChI=1S/C16H13NO2/c1-11(18)10-17-14-8-4-2-6-12(14)16(19)13-7-3-5-9-15(13)17/h2-9H,10H2,1H3. The Bertz CT molecular complexity index is 786. The van der Waals surface area contributed by atoms with E-state index in [0.29, 0.717) is 10.8 Å². The van der Waals surface area contributed by atoms with Gasteiger partial charge < -0.3 is 4.57 Å². The van der Waals surface area contributed by atoms with Crippen molar-refractivity contribution < 1.29 is 4.79 Å². The van der Waals surface area contributed by atoms with Crippen LogP contribution in [0.5, 0.6) is 0 Å². The zero-order chi connectivity index (χ0) is 13.4. The van der Waals surface area contributed by atoms with Crippen LogP contribution in [0.4, 0.5) is 0 Å². The molecule has 3 rings (SSSR count). The average Bonchev–Trinajstić information content (AvgIpc) is 2.43. The van der Waals surface area contributed by atoms with E-state index in [1.165, 1.54) is 0 Å². The van der Waals surface area contributed by atoms with Crippen LogP contribution in [0.2, 0.25) is 0 Å². The van der Waals surface area contributed by atoms with Gasteiger partial charge >= 0.3 is 0 Å². The van der Waals surface area contributed by atoms with E-state index in [1.54, 1.807) is 19.1 Å². The fourth-order valence-corrected chi connectivity index (χ4v) is 2.47. The lowest BCUT2D eigenvalue weighted by Crippen LogP contribution is -2.14. The third-order valence-electron chi connectivity index (χ3n) is 3.26. The molecule has 0 aliphatic carbocycles. The molecule has 0 saturated heterocycles. The van der Waals surface area contributed by atoms with Crippen molar-refractivity contribution in [1.29, 1.82) is 0 Å². The SMILES string of the molecule is CC(=O)Cn1c2ccccc2c(=O)c2ccccc21. The highest BCUT2D eigenvalue weighted by Crippen LogP contribution is 2.18. The maximum Gasteiger partial charge on any atom is 0.197 e. The summed E-state index contributed by atoms with van der Waals surface area (Å²) in [5.74, 6) is 0.0685. The van der Waals surface area contributed by atoms with Crippen molar-refractivity contribution in [2.24, 2.45) is 0 Å². The lowest BCUT2D eigenvalue weighted by Gasteiger charge is -2.13. The Morgan fingerprint density at radius 2 is 1.42 bits per heavy atom. The van der Waals surface area contributed by atoms with E-state index < -0.39 is 0 Å². The van der Waals surface area contributed by atoms with Gasteiger partial charge in [0.15, 0.2) is 5.43 Å². The summed E-state index contributed by atoms with van der Waals surface area (Å²) in [7, 11) is 0. The molecular weight excluding hydrogens is 238 g/mol. The monoisotopic (exact) mass is 251 g/mol. The van der Waals surface area contributed by atoms with Crippen molar-refractivity contribution in [3.05, 3.63) is 58.8 Å². The van der Waals surface area contributed by atoms with Crippen molar-refractivity contribution >= 4 is 27.6 Å². The number of hydrogen-bond acceptors (Lipinski definition) is 2. The molecule has 0 saturated carbocycles. The summed E-state index contributed by atoms with van der Waals surface area (Å²) >= 11 is 0. The molecule has 1 heterocycles. The van der Waals surface area contributed by atoms with E-state index in [0.717, 1.165) is 11.0 Å². The van der Waals surface area contributed by atoms with E-state index in [2.05, 4.69) is 0 Å². The number of carbonyl (C=O) groups is 1. The average molecular weight is 251 g/mol. The first kappa shape index (κ1) is 11.7. The first-order valence-electron chi connectivity index (χ1n) is 6.18. The first-order chi connectivity index (χ1) is 9.18. The molecule has 0 aliphatic rings. The second-order valence-corrected chi connectivity index (χ2v) is 4.65. The molecule has 19 heavy (non-hydrogen) atoms. The maximum atomic E-state index is 12.4. The largest absolute Gasteiger partial charge is 0.333 e. The molecule has 0 unspecified atom stereocenters. The van der Waals surface area contributed by atoms with Crippen LogP contribution in [0.25, 0.3) is 21.8 Å². The van der Waals surface area contributed by atoms with Crippen LogP contribution in [0.15, 0.2) is 53.3 Å². The summed E-state index contributed by atoms with van der Waals surface area (Å²) in [5.41, 5.74) is 1.63. The van der Waals surface area contributed by atoms with Crippen LogP contribution in [-0.2, 0) is 11.3 Å². The van der Waals surface area contributed by atoms with E-state index in [-0.39, 0.29) is 17.8 Å². The summed E-state index contributed by atoms with van der Waals surface area (Å²) in [6, 6.07) is 14.8. The summed E-state index contributed by atoms with van der Waals surface area (Å²) in [6.45, 7) is 1.84. The number of ketones is 1. The van der Waals surface area contributed by atoms with Crippen molar-refractivity contribution in [2.75, 3.05) is 0 Å². The minimum Gasteiger partial charge on any atom is -0.333 e. The Hall–Kier alpha value is -2.42. The topological polar surface area (TPSA) is 39.1 Å². The maximum absolute atomic E-state index is 12.4. The van der Waals surface area contributed by atoms with Gasteiger partial charge in [-0.1, -0.05) is 24.3 Å². The molecule has 0 N–H and O–H groups in total.